The standard InChI is InChI=1S/C17H16NO/c1-13-7-8-14-5-3-4-6-17(14)18(13)15-9-11-16(19-2)12-10-15/h3-12H,1-2H3/q+1. The molecule has 0 unspecified atom stereocenters. The van der Waals surface area contributed by atoms with Crippen molar-refractivity contribution >= 4 is 10.9 Å². The first-order valence-electron chi connectivity index (χ1n) is 6.34. The number of hydrogen-bond donors (Lipinski definition) is 0. The molecule has 1 aromatic heterocycles. The predicted octanol–water partition coefficient (Wildman–Crippen LogP) is 3.43. The second-order valence-electron chi connectivity index (χ2n) is 4.57. The zero-order valence-electron chi connectivity index (χ0n) is 11.1. The quantitative estimate of drug-likeness (QED) is 0.635. The zero-order chi connectivity index (χ0) is 13.2. The largest absolute Gasteiger partial charge is 0.497 e. The fourth-order valence-electron chi connectivity index (χ4n) is 2.38. The Hall–Kier alpha value is -2.35. The van der Waals surface area contributed by atoms with E-state index >= 15 is 0 Å². The van der Waals surface area contributed by atoms with E-state index in [0.29, 0.717) is 0 Å². The van der Waals surface area contributed by atoms with Gasteiger partial charge < -0.3 is 4.74 Å². The van der Waals surface area contributed by atoms with Gasteiger partial charge in [-0.3, -0.25) is 0 Å². The smallest absolute Gasteiger partial charge is 0.218 e. The number of rotatable bonds is 2. The van der Waals surface area contributed by atoms with Gasteiger partial charge in [0.15, 0.2) is 5.69 Å². The molecule has 0 aliphatic heterocycles. The summed E-state index contributed by atoms with van der Waals surface area (Å²) in [4.78, 5) is 0. The molecular weight excluding hydrogens is 234 g/mol. The number of nitrogens with zero attached hydrogens (tertiary/aromatic N) is 1. The first kappa shape index (κ1) is 11.7. The van der Waals surface area contributed by atoms with Crippen molar-refractivity contribution in [2.75, 3.05) is 7.11 Å². The van der Waals surface area contributed by atoms with Crippen LogP contribution < -0.4 is 9.30 Å². The number of para-hydroxylation sites is 1. The van der Waals surface area contributed by atoms with Crippen molar-refractivity contribution in [3.63, 3.8) is 0 Å². The highest BCUT2D eigenvalue weighted by Crippen LogP contribution is 2.16. The molecule has 0 spiro atoms. The molecule has 0 aliphatic carbocycles. The molecule has 3 rings (SSSR count). The van der Waals surface area contributed by atoms with E-state index in [0.717, 1.165) is 11.4 Å². The third-order valence-corrected chi connectivity index (χ3v) is 3.37. The Bertz CT molecular complexity index is 717. The molecule has 94 valence electrons. The highest BCUT2D eigenvalue weighted by Gasteiger charge is 2.15. The van der Waals surface area contributed by atoms with Crippen molar-refractivity contribution in [1.29, 1.82) is 0 Å². The number of methoxy groups -OCH3 is 1. The normalized spacial score (nSPS) is 10.6. The Morgan fingerprint density at radius 1 is 0.842 bits per heavy atom. The van der Waals surface area contributed by atoms with Gasteiger partial charge in [0.25, 0.3) is 0 Å². The molecule has 0 bridgehead atoms. The summed E-state index contributed by atoms with van der Waals surface area (Å²) in [5.41, 5.74) is 3.58. The maximum absolute atomic E-state index is 5.21. The summed E-state index contributed by atoms with van der Waals surface area (Å²) in [6.07, 6.45) is 0. The summed E-state index contributed by atoms with van der Waals surface area (Å²) in [6.45, 7) is 2.12. The van der Waals surface area contributed by atoms with Crippen LogP contribution in [0.5, 0.6) is 5.75 Å². The van der Waals surface area contributed by atoms with Crippen molar-refractivity contribution in [3.8, 4) is 11.4 Å². The molecular formula is C17H16NO+. The molecule has 0 saturated heterocycles. The van der Waals surface area contributed by atoms with Crippen molar-refractivity contribution < 1.29 is 9.30 Å². The number of benzene rings is 2. The summed E-state index contributed by atoms with van der Waals surface area (Å²) in [5, 5.41) is 1.24. The monoisotopic (exact) mass is 250 g/mol. The predicted molar refractivity (Wildman–Crippen MR) is 76.8 cm³/mol. The second-order valence-corrected chi connectivity index (χ2v) is 4.57. The third kappa shape index (κ3) is 2.06. The van der Waals surface area contributed by atoms with Gasteiger partial charge >= 0.3 is 0 Å². The first-order valence-corrected chi connectivity index (χ1v) is 6.34. The van der Waals surface area contributed by atoms with Crippen molar-refractivity contribution in [2.24, 2.45) is 0 Å². The molecule has 0 saturated carbocycles. The van der Waals surface area contributed by atoms with Crippen LogP contribution in [0.2, 0.25) is 0 Å². The van der Waals surface area contributed by atoms with E-state index in [2.05, 4.69) is 60.0 Å². The molecule has 0 aliphatic rings. The van der Waals surface area contributed by atoms with Crippen LogP contribution in [-0.2, 0) is 0 Å². The van der Waals surface area contributed by atoms with E-state index in [-0.39, 0.29) is 0 Å². The van der Waals surface area contributed by atoms with E-state index in [4.69, 9.17) is 4.74 Å². The maximum atomic E-state index is 5.21. The van der Waals surface area contributed by atoms with Crippen LogP contribution in [0.1, 0.15) is 5.69 Å². The molecule has 0 amide bonds. The lowest BCUT2D eigenvalue weighted by atomic mass is 10.1. The summed E-state index contributed by atoms with van der Waals surface area (Å²) in [7, 11) is 1.69. The SMILES string of the molecule is COc1ccc(-[n+]2c(C)ccc3ccccc32)cc1. The minimum atomic E-state index is 0.877. The van der Waals surface area contributed by atoms with Crippen molar-refractivity contribution in [2.45, 2.75) is 6.92 Å². The number of hydrogen-bond acceptors (Lipinski definition) is 1. The molecule has 0 fully saturated rings. The molecule has 0 N–H and O–H groups in total. The van der Waals surface area contributed by atoms with Crippen LogP contribution >= 0.6 is 0 Å². The molecule has 3 aromatic rings. The summed E-state index contributed by atoms with van der Waals surface area (Å²) in [6, 6.07) is 20.9. The van der Waals surface area contributed by atoms with Crippen molar-refractivity contribution in [3.05, 3.63) is 66.4 Å². The molecule has 0 atom stereocenters. The number of pyridine rings is 1. The van der Waals surface area contributed by atoms with Gasteiger partial charge in [-0.15, -0.1) is 0 Å². The second kappa shape index (κ2) is 4.73. The topological polar surface area (TPSA) is 13.1 Å². The van der Waals surface area contributed by atoms with Crippen LogP contribution in [0.4, 0.5) is 0 Å². The van der Waals surface area contributed by atoms with E-state index in [1.165, 1.54) is 16.6 Å². The maximum Gasteiger partial charge on any atom is 0.218 e. The molecule has 19 heavy (non-hydrogen) atoms. The van der Waals surface area contributed by atoms with E-state index in [1.807, 2.05) is 12.1 Å². The van der Waals surface area contributed by atoms with Gasteiger partial charge in [0.05, 0.1) is 7.11 Å². The van der Waals surface area contributed by atoms with Gasteiger partial charge in [0, 0.05) is 36.6 Å². The summed E-state index contributed by atoms with van der Waals surface area (Å²) >= 11 is 0. The summed E-state index contributed by atoms with van der Waals surface area (Å²) < 4.78 is 7.47. The Balaban J connectivity index is 2.25. The van der Waals surface area contributed by atoms with Gasteiger partial charge in [-0.05, 0) is 24.3 Å². The summed E-state index contributed by atoms with van der Waals surface area (Å²) in [5.74, 6) is 0.877. The fraction of sp³-hybridized carbons (Fsp3) is 0.118. The van der Waals surface area contributed by atoms with Gasteiger partial charge in [-0.25, -0.2) is 0 Å². The molecule has 2 heteroatoms. The van der Waals surface area contributed by atoms with Gasteiger partial charge in [0.1, 0.15) is 5.75 Å². The Labute approximate surface area is 112 Å². The third-order valence-electron chi connectivity index (χ3n) is 3.37. The van der Waals surface area contributed by atoms with E-state index in [9.17, 15) is 0 Å². The lowest BCUT2D eigenvalue weighted by Gasteiger charge is -2.05. The minimum absolute atomic E-state index is 0.877. The van der Waals surface area contributed by atoms with Crippen LogP contribution in [0.3, 0.4) is 0 Å². The molecule has 2 aromatic carbocycles. The van der Waals surface area contributed by atoms with E-state index < -0.39 is 0 Å². The van der Waals surface area contributed by atoms with Crippen LogP contribution in [-0.4, -0.2) is 7.11 Å². The molecule has 0 radical (unpaired) electrons. The Morgan fingerprint density at radius 2 is 1.58 bits per heavy atom. The Kier molecular flexibility index (Phi) is 2.92. The number of aromatic nitrogens is 1. The highest BCUT2D eigenvalue weighted by molar-refractivity contribution is 5.75. The van der Waals surface area contributed by atoms with Crippen molar-refractivity contribution in [1.82, 2.24) is 0 Å². The highest BCUT2D eigenvalue weighted by atomic mass is 16.5. The minimum Gasteiger partial charge on any atom is -0.497 e. The number of ether oxygens (including phenoxy) is 1. The number of fused-ring (bicyclic) bond motifs is 1. The molecule has 2 nitrogen and oxygen atoms in total. The lowest BCUT2D eigenvalue weighted by Crippen LogP contribution is -2.34. The van der Waals surface area contributed by atoms with Gasteiger partial charge in [-0.2, -0.15) is 4.57 Å². The number of aryl methyl sites for hydroxylation is 1. The zero-order valence-corrected chi connectivity index (χ0v) is 11.1. The van der Waals surface area contributed by atoms with Crippen LogP contribution in [0.25, 0.3) is 16.6 Å². The van der Waals surface area contributed by atoms with Crippen LogP contribution in [0.15, 0.2) is 60.7 Å². The Morgan fingerprint density at radius 3 is 2.32 bits per heavy atom. The lowest BCUT2D eigenvalue weighted by molar-refractivity contribution is -0.574. The van der Waals surface area contributed by atoms with Gasteiger partial charge in [-0.1, -0.05) is 12.1 Å². The average Bonchev–Trinajstić information content (AvgIpc) is 2.47. The van der Waals surface area contributed by atoms with E-state index in [1.54, 1.807) is 7.11 Å². The van der Waals surface area contributed by atoms with Gasteiger partial charge in [0.2, 0.25) is 11.2 Å². The van der Waals surface area contributed by atoms with Crippen LogP contribution in [0, 0.1) is 6.92 Å². The fourth-order valence-corrected chi connectivity index (χ4v) is 2.38. The first-order chi connectivity index (χ1) is 9.29. The average molecular weight is 250 g/mol. The molecule has 1 heterocycles.